The van der Waals surface area contributed by atoms with E-state index in [1.807, 2.05) is 0 Å². The van der Waals surface area contributed by atoms with Crippen LogP contribution in [0.3, 0.4) is 0 Å². The zero-order valence-electron chi connectivity index (χ0n) is 4.43. The summed E-state index contributed by atoms with van der Waals surface area (Å²) in [7, 11) is 10.4. The Morgan fingerprint density at radius 1 is 1.62 bits per heavy atom. The van der Waals surface area contributed by atoms with E-state index in [-0.39, 0.29) is 0 Å². The van der Waals surface area contributed by atoms with Crippen molar-refractivity contribution in [2.24, 2.45) is 0 Å². The van der Waals surface area contributed by atoms with Gasteiger partial charge < -0.3 is 0 Å². The molecular formula is H8BIP6. The quantitative estimate of drug-likeness (QED) is 0.422. The largest absolute Gasteiger partial charge is 0.136 e. The Balaban J connectivity index is 3.29. The van der Waals surface area contributed by atoms with Crippen molar-refractivity contribution in [2.75, 3.05) is 0 Å². The fourth-order valence-electron chi connectivity index (χ4n) is 0.150. The molecule has 8 heavy (non-hydrogen) atoms. The molecule has 0 aliphatic rings. The number of hydrogen-bond acceptors (Lipinski definition) is 0. The van der Waals surface area contributed by atoms with Gasteiger partial charge in [0.2, 0.25) is 0 Å². The maximum atomic E-state index is 2.99. The molecular weight excluding hydrogens is 324 g/mol. The minimum absolute atomic E-state index is 0.348. The molecule has 0 amide bonds. The molecule has 0 aliphatic heterocycles. The summed E-state index contributed by atoms with van der Waals surface area (Å²) in [6, 6.07) is 0. The molecule has 0 fully saturated rings. The molecule has 0 saturated carbocycles. The summed E-state index contributed by atoms with van der Waals surface area (Å²) >= 11 is 2.60. The minimum atomic E-state index is 0.348. The van der Waals surface area contributed by atoms with Gasteiger partial charge in [0, 0.05) is 4.94 Å². The van der Waals surface area contributed by atoms with E-state index >= 15 is 0 Å². The maximum absolute atomic E-state index is 2.99. The van der Waals surface area contributed by atoms with Crippen molar-refractivity contribution in [1.29, 1.82) is 0 Å². The van der Waals surface area contributed by atoms with Crippen LogP contribution in [0.4, 0.5) is 0 Å². The van der Waals surface area contributed by atoms with Crippen molar-refractivity contribution in [3.05, 3.63) is 0 Å². The highest BCUT2D eigenvalue weighted by molar-refractivity contribution is 14.2. The van der Waals surface area contributed by atoms with Crippen LogP contribution in [0, 0.1) is 0 Å². The highest BCUT2D eigenvalue weighted by Crippen LogP contribution is 2.94. The van der Waals surface area contributed by atoms with Gasteiger partial charge in [-0.1, -0.05) is 7.96 Å². The first-order chi connectivity index (χ1) is 3.72. The first kappa shape index (κ1) is 11.4. The van der Waals surface area contributed by atoms with Gasteiger partial charge >= 0.3 is 0 Å². The molecule has 0 saturated heterocycles. The lowest BCUT2D eigenvalue weighted by atomic mass is 10.8. The summed E-state index contributed by atoms with van der Waals surface area (Å²) in [6.45, 7) is 0.348. The number of halogens is 1. The molecule has 8 heteroatoms. The lowest BCUT2D eigenvalue weighted by Gasteiger charge is -2.13. The normalized spacial score (nSPS) is 20.9. The number of hydrogen-bond donors (Lipinski definition) is 0. The Bertz CT molecular complexity index is 48.5. The first-order valence-electron chi connectivity index (χ1n) is 1.86. The zero-order chi connectivity index (χ0) is 6.57. The van der Waals surface area contributed by atoms with E-state index in [2.05, 4.69) is 47.5 Å². The summed E-state index contributed by atoms with van der Waals surface area (Å²) in [5.74, 6) is 0. The van der Waals surface area contributed by atoms with Crippen molar-refractivity contribution < 1.29 is 0 Å². The molecule has 0 rings (SSSR count). The van der Waals surface area contributed by atoms with Crippen LogP contribution < -0.4 is 0 Å². The standard InChI is InChI=1S/BH8IP6/c1-5-8(4)7(2)6-3/h5-6H,1,3-4H2. The van der Waals surface area contributed by atoms with E-state index in [1.54, 1.807) is 0 Å². The third-order valence-electron chi connectivity index (χ3n) is 0.525. The molecule has 6 atom stereocenters. The fraction of sp³-hybridized carbons (Fsp3) is 0. The first-order valence-corrected chi connectivity index (χ1v) is 15.6. The van der Waals surface area contributed by atoms with E-state index in [1.165, 1.54) is 0 Å². The molecule has 0 heterocycles. The van der Waals surface area contributed by atoms with Crippen molar-refractivity contribution in [1.82, 2.24) is 0 Å². The van der Waals surface area contributed by atoms with Gasteiger partial charge in [0.15, 0.2) is 0 Å². The predicted octanol–water partition coefficient (Wildman–Crippen LogP) is 3.53. The Labute approximate surface area is 75.1 Å². The molecule has 0 nitrogen and oxygen atoms in total. The summed E-state index contributed by atoms with van der Waals surface area (Å²) in [4.78, 5) is 0.361. The number of rotatable bonds is 3. The van der Waals surface area contributed by atoms with Crippen molar-refractivity contribution in [2.45, 2.75) is 0 Å². The van der Waals surface area contributed by atoms with Gasteiger partial charge in [-0.25, -0.2) is 0 Å². The van der Waals surface area contributed by atoms with Gasteiger partial charge in [0.05, 0.1) is 0 Å². The van der Waals surface area contributed by atoms with E-state index in [4.69, 9.17) is 0 Å². The molecule has 0 aromatic rings. The molecule has 0 aromatic carbocycles. The van der Waals surface area contributed by atoms with E-state index in [9.17, 15) is 0 Å². The van der Waals surface area contributed by atoms with E-state index in [0.29, 0.717) is 11.9 Å². The molecule has 6 unspecified atom stereocenters. The topological polar surface area (TPSA) is 0 Å². The van der Waals surface area contributed by atoms with Crippen molar-refractivity contribution in [3.8, 4) is 0 Å². The summed E-state index contributed by atoms with van der Waals surface area (Å²) in [6.07, 6.45) is 0. The van der Waals surface area contributed by atoms with Gasteiger partial charge in [0.1, 0.15) is 7.57 Å². The highest BCUT2D eigenvalue weighted by Gasteiger charge is 2.06. The van der Waals surface area contributed by atoms with E-state index in [0.717, 1.165) is 16.1 Å². The lowest BCUT2D eigenvalue weighted by molar-refractivity contribution is 4.80. The third-order valence-corrected chi connectivity index (χ3v) is 43.2. The molecule has 0 aliphatic carbocycles. The molecule has 0 aromatic heterocycles. The molecule has 48 valence electrons. The van der Waals surface area contributed by atoms with Crippen LogP contribution >= 0.6 is 67.9 Å². The average molecular weight is 332 g/mol. The van der Waals surface area contributed by atoms with Crippen LogP contribution in [0.15, 0.2) is 0 Å². The predicted molar refractivity (Wildman–Crippen MR) is 72.5 cm³/mol. The second-order valence-electron chi connectivity index (χ2n) is 0.957. The molecule has 0 bridgehead atoms. The van der Waals surface area contributed by atoms with E-state index < -0.39 is 0 Å². The SMILES string of the molecule is BPP(P)P(I)PP. The highest BCUT2D eigenvalue weighted by atomic mass is 127. The lowest BCUT2D eigenvalue weighted by Crippen LogP contribution is -1.33. The van der Waals surface area contributed by atoms with Gasteiger partial charge in [-0.15, -0.1) is 26.0 Å². The zero-order valence-corrected chi connectivity index (χ0v) is 12.7. The fourth-order valence-corrected chi connectivity index (χ4v) is 26.0. The van der Waals surface area contributed by atoms with Gasteiger partial charge in [-0.05, 0) is 29.0 Å². The van der Waals surface area contributed by atoms with Crippen LogP contribution in [0.2, 0.25) is 0 Å². The molecule has 0 N–H and O–H groups in total. The van der Waals surface area contributed by atoms with Gasteiger partial charge in [-0.2, -0.15) is 0 Å². The Hall–Kier alpha value is 3.37. The van der Waals surface area contributed by atoms with Crippen molar-refractivity contribution in [3.63, 3.8) is 0 Å². The smallest absolute Gasteiger partial charge is 0.129 e. The monoisotopic (exact) mass is 332 g/mol. The van der Waals surface area contributed by atoms with Crippen LogP contribution in [-0.4, -0.2) is 7.57 Å². The second kappa shape index (κ2) is 7.05. The Kier molecular flexibility index (Phi) is 10.0. The molecule has 0 spiro atoms. The summed E-state index contributed by atoms with van der Waals surface area (Å²) in [5, 5.41) is 0. The van der Waals surface area contributed by atoms with Crippen LogP contribution in [0.1, 0.15) is 0 Å². The van der Waals surface area contributed by atoms with Gasteiger partial charge in [-0.3, -0.25) is 0 Å². The summed E-state index contributed by atoms with van der Waals surface area (Å²) < 4.78 is 0. The van der Waals surface area contributed by atoms with Crippen LogP contribution in [0.25, 0.3) is 0 Å². The van der Waals surface area contributed by atoms with Crippen molar-refractivity contribution >= 4 is 75.5 Å². The second-order valence-corrected chi connectivity index (χ2v) is 27.2. The van der Waals surface area contributed by atoms with Gasteiger partial charge in [0.25, 0.3) is 0 Å². The van der Waals surface area contributed by atoms with Crippen LogP contribution in [-0.2, 0) is 0 Å². The maximum Gasteiger partial charge on any atom is 0.136 e. The Morgan fingerprint density at radius 2 is 2.12 bits per heavy atom. The minimum Gasteiger partial charge on any atom is -0.129 e. The summed E-state index contributed by atoms with van der Waals surface area (Å²) in [5.41, 5.74) is 0. The average Bonchev–Trinajstić information content (AvgIpc) is 1.84. The third kappa shape index (κ3) is 5.08. The van der Waals surface area contributed by atoms with Crippen LogP contribution in [0.5, 0.6) is 0 Å². The Morgan fingerprint density at radius 3 is 2.25 bits per heavy atom. The molecule has 0 radical (unpaired) electrons.